The Morgan fingerprint density at radius 2 is 1.95 bits per heavy atom. The van der Waals surface area contributed by atoms with E-state index in [9.17, 15) is 0 Å². The molecule has 96 valence electrons. The van der Waals surface area contributed by atoms with E-state index < -0.39 is 0 Å². The molecule has 0 atom stereocenters. The van der Waals surface area contributed by atoms with Gasteiger partial charge in [-0.15, -0.1) is 0 Å². The van der Waals surface area contributed by atoms with Gasteiger partial charge in [0.25, 0.3) is 0 Å². The molecular formula is C14H13N3SSe. The Labute approximate surface area is 122 Å². The number of hydrogen-bond acceptors (Lipinski definition) is 4. The van der Waals surface area contributed by atoms with E-state index in [-0.39, 0.29) is 15.0 Å². The van der Waals surface area contributed by atoms with Crippen LogP contribution in [0.25, 0.3) is 11.0 Å². The van der Waals surface area contributed by atoms with Gasteiger partial charge in [0.15, 0.2) is 0 Å². The van der Waals surface area contributed by atoms with E-state index in [1.807, 2.05) is 12.1 Å². The number of nitrogens with zero attached hydrogens (tertiary/aromatic N) is 2. The molecule has 2 aromatic carbocycles. The average Bonchev–Trinajstić information content (AvgIpc) is 2.94. The molecule has 0 radical (unpaired) electrons. The quantitative estimate of drug-likeness (QED) is 0.588. The summed E-state index contributed by atoms with van der Waals surface area (Å²) in [6, 6.07) is 14.7. The van der Waals surface area contributed by atoms with E-state index in [1.165, 1.54) is 10.5 Å². The molecule has 1 aromatic heterocycles. The van der Waals surface area contributed by atoms with Gasteiger partial charge in [-0.1, -0.05) is 0 Å². The first-order valence-electron chi connectivity index (χ1n) is 5.95. The van der Waals surface area contributed by atoms with Crippen molar-refractivity contribution in [3.63, 3.8) is 0 Å². The molecule has 1 N–H and O–H groups in total. The van der Waals surface area contributed by atoms with Crippen molar-refractivity contribution in [2.24, 2.45) is 0 Å². The van der Waals surface area contributed by atoms with Crippen LogP contribution >= 0.6 is 11.8 Å². The molecule has 0 aliphatic heterocycles. The fourth-order valence-corrected chi connectivity index (χ4v) is 3.45. The second kappa shape index (κ2) is 5.78. The van der Waals surface area contributed by atoms with Crippen LogP contribution in [0, 0.1) is 0 Å². The predicted molar refractivity (Wildman–Crippen MR) is 82.0 cm³/mol. The van der Waals surface area contributed by atoms with Crippen molar-refractivity contribution in [2.45, 2.75) is 11.4 Å². The van der Waals surface area contributed by atoms with Gasteiger partial charge in [-0.05, 0) is 0 Å². The second-order valence-corrected chi connectivity index (χ2v) is 6.13. The van der Waals surface area contributed by atoms with Crippen LogP contribution in [0.5, 0.6) is 0 Å². The molecule has 0 fully saturated rings. The zero-order valence-corrected chi connectivity index (χ0v) is 13.0. The Kier molecular flexibility index (Phi) is 3.87. The fourth-order valence-electron chi connectivity index (χ4n) is 1.89. The molecule has 0 spiro atoms. The summed E-state index contributed by atoms with van der Waals surface area (Å²) in [4.78, 5) is 1.29. The predicted octanol–water partition coefficient (Wildman–Crippen LogP) is 3.02. The van der Waals surface area contributed by atoms with Gasteiger partial charge in [-0.25, -0.2) is 0 Å². The van der Waals surface area contributed by atoms with E-state index in [4.69, 9.17) is 0 Å². The van der Waals surface area contributed by atoms with E-state index >= 15 is 0 Å². The molecule has 3 rings (SSSR count). The molecule has 0 saturated heterocycles. The van der Waals surface area contributed by atoms with Crippen molar-refractivity contribution in [3.8, 4) is 0 Å². The summed E-state index contributed by atoms with van der Waals surface area (Å²) >= 11 is 1.79. The summed E-state index contributed by atoms with van der Waals surface area (Å²) in [6.07, 6.45) is 2.09. The van der Waals surface area contributed by atoms with Crippen LogP contribution in [0.15, 0.2) is 47.4 Å². The van der Waals surface area contributed by atoms with Crippen LogP contribution in [-0.4, -0.2) is 29.2 Å². The van der Waals surface area contributed by atoms with Gasteiger partial charge in [-0.2, -0.15) is 0 Å². The van der Waals surface area contributed by atoms with Crippen LogP contribution in [0.4, 0.5) is 5.69 Å². The van der Waals surface area contributed by atoms with Crippen LogP contribution in [-0.2, 0) is 6.54 Å². The van der Waals surface area contributed by atoms with Crippen molar-refractivity contribution in [3.05, 3.63) is 48.0 Å². The molecule has 0 aliphatic carbocycles. The van der Waals surface area contributed by atoms with E-state index in [1.54, 1.807) is 11.8 Å². The molecule has 3 aromatic rings. The normalized spacial score (nSPS) is 10.8. The van der Waals surface area contributed by atoms with Crippen molar-refractivity contribution in [1.82, 2.24) is 7.96 Å². The maximum atomic E-state index is 4.47. The number of nitrogens with one attached hydrogen (secondary N) is 1. The second-order valence-electron chi connectivity index (χ2n) is 4.14. The zero-order chi connectivity index (χ0) is 13.1. The summed E-state index contributed by atoms with van der Waals surface area (Å²) in [5, 5.41) is 3.45. The molecule has 0 aliphatic rings. The van der Waals surface area contributed by atoms with Gasteiger partial charge >= 0.3 is 122 Å². The van der Waals surface area contributed by atoms with Gasteiger partial charge in [0.2, 0.25) is 0 Å². The van der Waals surface area contributed by atoms with Crippen LogP contribution in [0.3, 0.4) is 0 Å². The molecule has 0 unspecified atom stereocenters. The molecule has 19 heavy (non-hydrogen) atoms. The Balaban J connectivity index is 1.76. The number of anilines is 1. The summed E-state index contributed by atoms with van der Waals surface area (Å²) in [6.45, 7) is 0.813. The third-order valence-electron chi connectivity index (χ3n) is 2.93. The van der Waals surface area contributed by atoms with Crippen molar-refractivity contribution >= 4 is 43.4 Å². The Morgan fingerprint density at radius 3 is 2.74 bits per heavy atom. The molecular weight excluding hydrogens is 321 g/mol. The van der Waals surface area contributed by atoms with Gasteiger partial charge in [-0.3, -0.25) is 0 Å². The Bertz CT molecular complexity index is 678. The third-order valence-corrected chi connectivity index (χ3v) is 4.81. The van der Waals surface area contributed by atoms with Gasteiger partial charge in [0.05, 0.1) is 0 Å². The van der Waals surface area contributed by atoms with E-state index in [2.05, 4.69) is 49.9 Å². The SMILES string of the molecule is CSc1ccc(CNc2cccc3n[se]nc23)cc1. The van der Waals surface area contributed by atoms with E-state index in [0.717, 1.165) is 23.3 Å². The van der Waals surface area contributed by atoms with Crippen LogP contribution < -0.4 is 5.32 Å². The number of fused-ring (bicyclic) bond motifs is 1. The average molecular weight is 334 g/mol. The molecule has 0 amide bonds. The number of aromatic nitrogens is 2. The number of benzene rings is 2. The first-order chi connectivity index (χ1) is 9.36. The summed E-state index contributed by atoms with van der Waals surface area (Å²) in [5.74, 6) is 0. The summed E-state index contributed by atoms with van der Waals surface area (Å²) in [5.41, 5.74) is 4.39. The Hall–Kier alpha value is -1.29. The standard InChI is InChI=1S/C14H13N3SSe/c1-18-11-7-5-10(6-8-11)9-15-12-3-2-4-13-14(12)17-19-16-13/h2-8,15H,9H2,1H3. The minimum absolute atomic E-state index is 0.0279. The maximum absolute atomic E-state index is 4.47. The summed E-state index contributed by atoms with van der Waals surface area (Å²) in [7, 11) is 0. The van der Waals surface area contributed by atoms with Crippen LogP contribution in [0.1, 0.15) is 5.56 Å². The summed E-state index contributed by atoms with van der Waals surface area (Å²) < 4.78 is 8.86. The zero-order valence-electron chi connectivity index (χ0n) is 10.5. The van der Waals surface area contributed by atoms with Crippen molar-refractivity contribution in [2.75, 3.05) is 11.6 Å². The number of rotatable bonds is 4. The first kappa shape index (κ1) is 12.7. The fraction of sp³-hybridized carbons (Fsp3) is 0.143. The van der Waals surface area contributed by atoms with Crippen molar-refractivity contribution in [1.29, 1.82) is 0 Å². The van der Waals surface area contributed by atoms with Gasteiger partial charge in [0.1, 0.15) is 0 Å². The monoisotopic (exact) mass is 335 g/mol. The van der Waals surface area contributed by atoms with Gasteiger partial charge in [0, 0.05) is 0 Å². The Morgan fingerprint density at radius 1 is 1.11 bits per heavy atom. The molecule has 5 heteroatoms. The topological polar surface area (TPSA) is 37.8 Å². The molecule has 0 bridgehead atoms. The van der Waals surface area contributed by atoms with Crippen molar-refractivity contribution < 1.29 is 0 Å². The third kappa shape index (κ3) is 2.84. The van der Waals surface area contributed by atoms with Crippen LogP contribution in [0.2, 0.25) is 0 Å². The molecule has 3 nitrogen and oxygen atoms in total. The molecule has 1 heterocycles. The van der Waals surface area contributed by atoms with Gasteiger partial charge < -0.3 is 0 Å². The van der Waals surface area contributed by atoms with E-state index in [0.29, 0.717) is 0 Å². The number of hydrogen-bond donors (Lipinski definition) is 1. The minimum atomic E-state index is 0.0279. The molecule has 0 saturated carbocycles. The first-order valence-corrected chi connectivity index (χ1v) is 8.70. The number of thioether (sulfide) groups is 1.